The molecule has 2 aromatic carbocycles. The lowest BCUT2D eigenvalue weighted by molar-refractivity contribution is 0.476. The maximum Gasteiger partial charge on any atom is 0.145 e. The molecule has 0 spiro atoms. The highest BCUT2D eigenvalue weighted by molar-refractivity contribution is 5.49. The highest BCUT2D eigenvalue weighted by Gasteiger charge is 2.08. The van der Waals surface area contributed by atoms with E-state index in [9.17, 15) is 5.26 Å². The molecule has 0 atom stereocenters. The van der Waals surface area contributed by atoms with E-state index in [1.54, 1.807) is 0 Å². The van der Waals surface area contributed by atoms with Crippen LogP contribution in [0.15, 0.2) is 36.4 Å². The molecule has 0 aromatic heterocycles. The van der Waals surface area contributed by atoms with Gasteiger partial charge in [-0.2, -0.15) is 5.26 Å². The van der Waals surface area contributed by atoms with Gasteiger partial charge in [0.15, 0.2) is 0 Å². The van der Waals surface area contributed by atoms with E-state index in [4.69, 9.17) is 4.74 Å². The van der Waals surface area contributed by atoms with Crippen LogP contribution in [0.3, 0.4) is 0 Å². The van der Waals surface area contributed by atoms with Crippen molar-refractivity contribution < 1.29 is 4.74 Å². The van der Waals surface area contributed by atoms with Gasteiger partial charge in [0.25, 0.3) is 0 Å². The number of rotatable bonds is 5. The van der Waals surface area contributed by atoms with Crippen LogP contribution in [0.1, 0.15) is 29.2 Å². The molecular weight excluding hydrogens is 260 g/mol. The van der Waals surface area contributed by atoms with Gasteiger partial charge in [-0.05, 0) is 55.3 Å². The zero-order valence-corrected chi connectivity index (χ0v) is 12.7. The first-order chi connectivity index (χ1) is 10.1. The summed E-state index contributed by atoms with van der Waals surface area (Å²) in [5, 5.41) is 12.6. The maximum atomic E-state index is 9.32. The van der Waals surface area contributed by atoms with Crippen LogP contribution < -0.4 is 10.1 Å². The summed E-state index contributed by atoms with van der Waals surface area (Å²) in [4.78, 5) is 0. The number of benzene rings is 2. The van der Waals surface area contributed by atoms with E-state index >= 15 is 0 Å². The summed E-state index contributed by atoms with van der Waals surface area (Å²) in [7, 11) is 0. The molecule has 0 amide bonds. The average molecular weight is 280 g/mol. The van der Waals surface area contributed by atoms with Crippen LogP contribution in [-0.4, -0.2) is 6.54 Å². The predicted molar refractivity (Wildman–Crippen MR) is 84.5 cm³/mol. The van der Waals surface area contributed by atoms with Gasteiger partial charge in [-0.15, -0.1) is 0 Å². The van der Waals surface area contributed by atoms with Gasteiger partial charge in [-0.1, -0.05) is 25.1 Å². The number of hydrogen-bond acceptors (Lipinski definition) is 3. The second-order valence-corrected chi connectivity index (χ2v) is 5.09. The molecule has 2 rings (SSSR count). The largest absolute Gasteiger partial charge is 0.456 e. The number of nitrogens with zero attached hydrogens (tertiary/aromatic N) is 1. The van der Waals surface area contributed by atoms with Crippen LogP contribution in [0.4, 0.5) is 0 Å². The minimum atomic E-state index is 0.561. The quantitative estimate of drug-likeness (QED) is 0.897. The fourth-order valence-electron chi connectivity index (χ4n) is 2.07. The maximum absolute atomic E-state index is 9.32. The average Bonchev–Trinajstić information content (AvgIpc) is 2.49. The van der Waals surface area contributed by atoms with E-state index in [2.05, 4.69) is 18.3 Å². The summed E-state index contributed by atoms with van der Waals surface area (Å²) in [6, 6.07) is 14.0. The number of nitrogens with one attached hydrogen (secondary N) is 1. The molecule has 0 saturated carbocycles. The van der Waals surface area contributed by atoms with Gasteiger partial charge in [0.1, 0.15) is 17.6 Å². The molecule has 0 aliphatic heterocycles. The predicted octanol–water partition coefficient (Wildman–Crippen LogP) is 4.08. The van der Waals surface area contributed by atoms with Gasteiger partial charge in [0.2, 0.25) is 0 Å². The minimum Gasteiger partial charge on any atom is -0.456 e. The molecule has 108 valence electrons. The molecule has 1 N–H and O–H groups in total. The zero-order valence-electron chi connectivity index (χ0n) is 12.7. The number of hydrogen-bond donors (Lipinski definition) is 1. The first-order valence-corrected chi connectivity index (χ1v) is 7.13. The van der Waals surface area contributed by atoms with Crippen molar-refractivity contribution in [2.75, 3.05) is 6.54 Å². The highest BCUT2D eigenvalue weighted by Crippen LogP contribution is 2.29. The third kappa shape index (κ3) is 3.84. The van der Waals surface area contributed by atoms with Crippen molar-refractivity contribution >= 4 is 0 Å². The topological polar surface area (TPSA) is 45.0 Å². The number of nitriles is 1. The Labute approximate surface area is 126 Å². The lowest BCUT2D eigenvalue weighted by atomic mass is 10.1. The Kier molecular flexibility index (Phi) is 4.97. The number of aryl methyl sites for hydroxylation is 2. The Bertz CT molecular complexity index is 671. The Morgan fingerprint density at radius 3 is 2.62 bits per heavy atom. The van der Waals surface area contributed by atoms with Crippen molar-refractivity contribution in [3.63, 3.8) is 0 Å². The van der Waals surface area contributed by atoms with Crippen molar-refractivity contribution in [2.24, 2.45) is 0 Å². The van der Waals surface area contributed by atoms with Gasteiger partial charge in [-0.3, -0.25) is 0 Å². The standard InChI is InChI=1S/C18H20N2O/c1-4-20-12-15-7-8-17(16(10-15)11-19)21-18-9-13(2)5-6-14(18)3/h5-10,20H,4,12H2,1-3H3. The Hall–Kier alpha value is -2.31. The Balaban J connectivity index is 2.27. The Morgan fingerprint density at radius 1 is 1.10 bits per heavy atom. The number of ether oxygens (including phenoxy) is 1. The summed E-state index contributed by atoms with van der Waals surface area (Å²) in [6.07, 6.45) is 0. The van der Waals surface area contributed by atoms with Crippen LogP contribution in [0.5, 0.6) is 11.5 Å². The molecule has 2 aromatic rings. The van der Waals surface area contributed by atoms with Crippen LogP contribution in [-0.2, 0) is 6.54 Å². The lowest BCUT2D eigenvalue weighted by Gasteiger charge is -2.12. The summed E-state index contributed by atoms with van der Waals surface area (Å²) in [6.45, 7) is 7.75. The molecule has 0 aliphatic carbocycles. The minimum absolute atomic E-state index is 0.561. The van der Waals surface area contributed by atoms with Gasteiger partial charge in [-0.25, -0.2) is 0 Å². The molecule has 0 saturated heterocycles. The summed E-state index contributed by atoms with van der Waals surface area (Å²) in [5.74, 6) is 1.40. The molecule has 3 heteroatoms. The van der Waals surface area contributed by atoms with Gasteiger partial charge >= 0.3 is 0 Å². The third-order valence-electron chi connectivity index (χ3n) is 3.31. The van der Waals surface area contributed by atoms with E-state index in [1.165, 1.54) is 0 Å². The molecule has 0 unspecified atom stereocenters. The fraction of sp³-hybridized carbons (Fsp3) is 0.278. The molecule has 0 fully saturated rings. The highest BCUT2D eigenvalue weighted by atomic mass is 16.5. The molecule has 0 heterocycles. The SMILES string of the molecule is CCNCc1ccc(Oc2cc(C)ccc2C)c(C#N)c1. The van der Waals surface area contributed by atoms with Gasteiger partial charge in [0.05, 0.1) is 5.56 Å². The van der Waals surface area contributed by atoms with E-state index in [-0.39, 0.29) is 0 Å². The fourth-order valence-corrected chi connectivity index (χ4v) is 2.07. The van der Waals surface area contributed by atoms with Crippen LogP contribution in [0, 0.1) is 25.2 Å². The Morgan fingerprint density at radius 2 is 1.90 bits per heavy atom. The molecular formula is C18H20N2O. The van der Waals surface area contributed by atoms with Gasteiger partial charge < -0.3 is 10.1 Å². The van der Waals surface area contributed by atoms with E-state index < -0.39 is 0 Å². The van der Waals surface area contributed by atoms with E-state index in [0.29, 0.717) is 11.3 Å². The van der Waals surface area contributed by atoms with Crippen molar-refractivity contribution in [2.45, 2.75) is 27.3 Å². The summed E-state index contributed by atoms with van der Waals surface area (Å²) >= 11 is 0. The lowest BCUT2D eigenvalue weighted by Crippen LogP contribution is -2.11. The second-order valence-electron chi connectivity index (χ2n) is 5.09. The van der Waals surface area contributed by atoms with E-state index in [1.807, 2.05) is 50.2 Å². The normalized spacial score (nSPS) is 10.2. The first-order valence-electron chi connectivity index (χ1n) is 7.13. The van der Waals surface area contributed by atoms with Crippen LogP contribution in [0.25, 0.3) is 0 Å². The van der Waals surface area contributed by atoms with Crippen LogP contribution in [0.2, 0.25) is 0 Å². The summed E-state index contributed by atoms with van der Waals surface area (Å²) in [5.41, 5.74) is 3.84. The monoisotopic (exact) mass is 280 g/mol. The molecule has 0 aliphatic rings. The van der Waals surface area contributed by atoms with Crippen molar-refractivity contribution in [1.29, 1.82) is 5.26 Å². The van der Waals surface area contributed by atoms with Gasteiger partial charge in [0, 0.05) is 6.54 Å². The third-order valence-corrected chi connectivity index (χ3v) is 3.31. The first kappa shape index (κ1) is 15.1. The second kappa shape index (κ2) is 6.92. The van der Waals surface area contributed by atoms with Crippen molar-refractivity contribution in [3.05, 3.63) is 58.7 Å². The van der Waals surface area contributed by atoms with Crippen molar-refractivity contribution in [3.8, 4) is 17.6 Å². The van der Waals surface area contributed by atoms with Crippen molar-refractivity contribution in [1.82, 2.24) is 5.32 Å². The van der Waals surface area contributed by atoms with Crippen LogP contribution >= 0.6 is 0 Å². The molecule has 3 nitrogen and oxygen atoms in total. The smallest absolute Gasteiger partial charge is 0.145 e. The summed E-state index contributed by atoms with van der Waals surface area (Å²) < 4.78 is 5.93. The molecule has 0 radical (unpaired) electrons. The zero-order chi connectivity index (χ0) is 15.2. The molecule has 0 bridgehead atoms. The van der Waals surface area contributed by atoms with E-state index in [0.717, 1.165) is 35.5 Å². The molecule has 21 heavy (non-hydrogen) atoms.